The first-order valence-electron chi connectivity index (χ1n) is 11.4. The molecule has 0 saturated carbocycles. The first kappa shape index (κ1) is 22.4. The highest BCUT2D eigenvalue weighted by Crippen LogP contribution is 2.30. The lowest BCUT2D eigenvalue weighted by molar-refractivity contribution is 0.0988. The number of imidazole rings is 1. The van der Waals surface area contributed by atoms with Crippen LogP contribution in [0.5, 0.6) is 0 Å². The Morgan fingerprint density at radius 3 is 2.89 bits per heavy atom. The van der Waals surface area contributed by atoms with Crippen molar-refractivity contribution in [2.75, 3.05) is 23.0 Å². The summed E-state index contributed by atoms with van der Waals surface area (Å²) < 4.78 is 19.1. The molecular weight excluding hydrogens is 479 g/mol. The van der Waals surface area contributed by atoms with Crippen LogP contribution in [0.3, 0.4) is 0 Å². The summed E-state index contributed by atoms with van der Waals surface area (Å²) in [5.74, 6) is 0.554. The van der Waals surface area contributed by atoms with Gasteiger partial charge in [-0.3, -0.25) is 24.2 Å². The van der Waals surface area contributed by atoms with E-state index in [2.05, 4.69) is 34.9 Å². The van der Waals surface area contributed by atoms with Crippen LogP contribution in [0.25, 0.3) is 10.8 Å². The van der Waals surface area contributed by atoms with Gasteiger partial charge in [-0.2, -0.15) is 5.10 Å². The number of H-pyrrole nitrogens is 1. The van der Waals surface area contributed by atoms with Gasteiger partial charge >= 0.3 is 0 Å². The Morgan fingerprint density at radius 2 is 2.05 bits per heavy atom. The number of carbonyl (C=O) groups excluding carboxylic acids is 1. The van der Waals surface area contributed by atoms with Crippen LogP contribution in [-0.2, 0) is 19.5 Å². The molecule has 37 heavy (non-hydrogen) atoms. The molecule has 0 fully saturated rings. The summed E-state index contributed by atoms with van der Waals surface area (Å²) in [6.45, 7) is 1.38. The van der Waals surface area contributed by atoms with Crippen molar-refractivity contribution in [2.45, 2.75) is 19.5 Å². The SMILES string of the molecule is CN(C(=O)c1cc2cc(Nc3cc4n(n3)Cc3nccn3CC4)ncc2c(N)c1F)c1cncc(=O)[nH]1. The third-order valence-corrected chi connectivity index (χ3v) is 6.36. The predicted octanol–water partition coefficient (Wildman–Crippen LogP) is 2.06. The van der Waals surface area contributed by atoms with Crippen molar-refractivity contribution in [3.8, 4) is 0 Å². The van der Waals surface area contributed by atoms with Crippen molar-refractivity contribution in [1.82, 2.24) is 34.3 Å². The van der Waals surface area contributed by atoms with Gasteiger partial charge in [0.05, 0.1) is 30.2 Å². The normalized spacial score (nSPS) is 12.6. The fourth-order valence-corrected chi connectivity index (χ4v) is 4.40. The first-order valence-corrected chi connectivity index (χ1v) is 11.4. The van der Waals surface area contributed by atoms with Gasteiger partial charge in [0.15, 0.2) is 11.6 Å². The van der Waals surface area contributed by atoms with Crippen LogP contribution in [0, 0.1) is 5.82 Å². The number of fused-ring (bicyclic) bond motifs is 3. The van der Waals surface area contributed by atoms with E-state index in [1.165, 1.54) is 25.5 Å². The zero-order chi connectivity index (χ0) is 25.7. The molecule has 13 heteroatoms. The van der Waals surface area contributed by atoms with Crippen molar-refractivity contribution in [3.05, 3.63) is 82.4 Å². The molecule has 4 aromatic heterocycles. The van der Waals surface area contributed by atoms with E-state index in [0.717, 1.165) is 35.6 Å². The number of anilines is 4. The quantitative estimate of drug-likeness (QED) is 0.317. The predicted molar refractivity (Wildman–Crippen MR) is 134 cm³/mol. The number of halogens is 1. The second kappa shape index (κ2) is 8.55. The Kier molecular flexibility index (Phi) is 5.17. The molecule has 1 aliphatic rings. The number of amides is 1. The maximum absolute atomic E-state index is 15.1. The van der Waals surface area contributed by atoms with Gasteiger partial charge in [0.25, 0.3) is 11.5 Å². The number of nitrogens with zero attached hydrogens (tertiary/aromatic N) is 7. The number of pyridine rings is 1. The van der Waals surface area contributed by atoms with Crippen molar-refractivity contribution in [1.29, 1.82) is 0 Å². The molecule has 0 spiro atoms. The zero-order valence-corrected chi connectivity index (χ0v) is 19.6. The molecule has 0 aliphatic carbocycles. The van der Waals surface area contributed by atoms with Gasteiger partial charge in [-0.15, -0.1) is 0 Å². The van der Waals surface area contributed by atoms with Crippen LogP contribution >= 0.6 is 0 Å². The molecule has 186 valence electrons. The van der Waals surface area contributed by atoms with E-state index in [0.29, 0.717) is 29.0 Å². The Labute approximate surface area is 208 Å². The van der Waals surface area contributed by atoms with Gasteiger partial charge < -0.3 is 20.6 Å². The number of nitrogens with one attached hydrogen (secondary N) is 2. The third-order valence-electron chi connectivity index (χ3n) is 6.36. The number of hydrogen-bond acceptors (Lipinski definition) is 8. The molecule has 6 rings (SSSR count). The van der Waals surface area contributed by atoms with Crippen LogP contribution in [0.4, 0.5) is 27.5 Å². The molecule has 5 aromatic rings. The smallest absolute Gasteiger partial charge is 0.267 e. The number of nitrogens with two attached hydrogens (primary N) is 1. The lowest BCUT2D eigenvalue weighted by Gasteiger charge is -2.18. The fourth-order valence-electron chi connectivity index (χ4n) is 4.40. The van der Waals surface area contributed by atoms with E-state index < -0.39 is 17.3 Å². The Hall–Kier alpha value is -5.07. The molecule has 0 unspecified atom stereocenters. The number of hydrogen-bond donors (Lipinski definition) is 3. The maximum atomic E-state index is 15.1. The van der Waals surface area contributed by atoms with E-state index in [-0.39, 0.29) is 17.1 Å². The summed E-state index contributed by atoms with van der Waals surface area (Å²) in [6, 6.07) is 5.03. The van der Waals surface area contributed by atoms with Gasteiger partial charge in [-0.25, -0.2) is 14.4 Å². The molecule has 4 N–H and O–H groups in total. The zero-order valence-electron chi connectivity index (χ0n) is 19.6. The van der Waals surface area contributed by atoms with Gasteiger partial charge in [0.2, 0.25) is 0 Å². The number of aromatic nitrogens is 7. The van der Waals surface area contributed by atoms with Crippen molar-refractivity contribution < 1.29 is 9.18 Å². The summed E-state index contributed by atoms with van der Waals surface area (Å²) in [5.41, 5.74) is 6.16. The molecule has 1 aliphatic heterocycles. The lowest BCUT2D eigenvalue weighted by atomic mass is 10.0. The summed E-state index contributed by atoms with van der Waals surface area (Å²) in [7, 11) is 1.41. The topological polar surface area (TPSA) is 153 Å². The average Bonchev–Trinajstić information content (AvgIpc) is 3.46. The standard InChI is InChI=1S/C24H21FN10O2/c1-33(19-10-27-11-21(36)31-19)24(37)15-6-13-7-17(29-9-16(13)23(26)22(15)25)30-18-8-14-2-4-34-5-3-28-20(34)12-35(14)32-18/h3,5-11H,2,4,12,26H2,1H3,(H,31,36)(H,29,30,32). The highest BCUT2D eigenvalue weighted by molar-refractivity contribution is 6.09. The summed E-state index contributed by atoms with van der Waals surface area (Å²) in [5, 5.41) is 8.69. The van der Waals surface area contributed by atoms with Gasteiger partial charge in [0, 0.05) is 55.8 Å². The monoisotopic (exact) mass is 500 g/mol. The molecule has 0 atom stereocenters. The fraction of sp³-hybridized carbons (Fsp3) is 0.167. The van der Waals surface area contributed by atoms with E-state index in [1.807, 2.05) is 16.9 Å². The van der Waals surface area contributed by atoms with E-state index in [9.17, 15) is 9.59 Å². The summed E-state index contributed by atoms with van der Waals surface area (Å²) in [6.07, 6.45) is 8.37. The second-order valence-electron chi connectivity index (χ2n) is 8.68. The third kappa shape index (κ3) is 3.95. The van der Waals surface area contributed by atoms with E-state index in [1.54, 1.807) is 12.3 Å². The highest BCUT2D eigenvalue weighted by atomic mass is 19.1. The first-order chi connectivity index (χ1) is 17.9. The Bertz CT molecular complexity index is 1740. The van der Waals surface area contributed by atoms with Gasteiger partial charge in [-0.1, -0.05) is 0 Å². The summed E-state index contributed by atoms with van der Waals surface area (Å²) >= 11 is 0. The Balaban J connectivity index is 1.31. The van der Waals surface area contributed by atoms with E-state index in [4.69, 9.17) is 5.73 Å². The minimum Gasteiger partial charge on any atom is -0.396 e. The molecule has 0 bridgehead atoms. The minimum absolute atomic E-state index is 0.120. The maximum Gasteiger partial charge on any atom is 0.267 e. The molecule has 5 heterocycles. The molecule has 0 saturated heterocycles. The van der Waals surface area contributed by atoms with E-state index >= 15 is 4.39 Å². The molecular formula is C24H21FN10O2. The number of carbonyl (C=O) groups is 1. The van der Waals surface area contributed by atoms with Crippen LogP contribution < -0.4 is 21.5 Å². The molecule has 1 aromatic carbocycles. The highest BCUT2D eigenvalue weighted by Gasteiger charge is 2.23. The average molecular weight is 500 g/mol. The number of aryl methyl sites for hydroxylation is 2. The number of benzene rings is 1. The Morgan fingerprint density at radius 1 is 1.19 bits per heavy atom. The van der Waals surface area contributed by atoms with Crippen LogP contribution in [0.1, 0.15) is 21.9 Å². The van der Waals surface area contributed by atoms with Crippen LogP contribution in [0.15, 0.2) is 54.0 Å². The molecule has 12 nitrogen and oxygen atoms in total. The number of rotatable bonds is 4. The minimum atomic E-state index is -0.866. The second-order valence-corrected chi connectivity index (χ2v) is 8.68. The number of nitrogen functional groups attached to an aromatic ring is 1. The van der Waals surface area contributed by atoms with Crippen molar-refractivity contribution in [3.63, 3.8) is 0 Å². The van der Waals surface area contributed by atoms with Gasteiger partial charge in [-0.05, 0) is 17.5 Å². The number of aromatic amines is 1. The summed E-state index contributed by atoms with van der Waals surface area (Å²) in [4.78, 5) is 40.8. The van der Waals surface area contributed by atoms with Gasteiger partial charge in [0.1, 0.15) is 17.5 Å². The molecule has 0 radical (unpaired) electrons. The van der Waals surface area contributed by atoms with Crippen LogP contribution in [-0.4, -0.2) is 47.2 Å². The largest absolute Gasteiger partial charge is 0.396 e. The van der Waals surface area contributed by atoms with Crippen molar-refractivity contribution >= 4 is 39.8 Å². The van der Waals surface area contributed by atoms with Crippen molar-refractivity contribution in [2.24, 2.45) is 0 Å². The molecule has 1 amide bonds. The lowest BCUT2D eigenvalue weighted by Crippen LogP contribution is -2.29. The van der Waals surface area contributed by atoms with Crippen LogP contribution in [0.2, 0.25) is 0 Å².